The van der Waals surface area contributed by atoms with E-state index in [1.54, 1.807) is 0 Å². The van der Waals surface area contributed by atoms with Crippen LogP contribution in [0.4, 0.5) is 13.2 Å². The molecule has 9 heteroatoms. The fourth-order valence-corrected chi connectivity index (χ4v) is 3.39. The van der Waals surface area contributed by atoms with Crippen molar-refractivity contribution in [1.29, 1.82) is 0 Å². The number of halogens is 3. The molecule has 6 nitrogen and oxygen atoms in total. The molecule has 3 N–H and O–H groups in total. The highest BCUT2D eigenvalue weighted by Gasteiger charge is 2.25. The van der Waals surface area contributed by atoms with Crippen LogP contribution in [-0.2, 0) is 6.42 Å². The number of carboxylic acid groups (broad SMARTS) is 1. The Morgan fingerprint density at radius 1 is 1.06 bits per heavy atom. The molecular formula is C25H25F3N4O2. The number of nitrogens with one attached hydrogen (secondary N) is 2. The maximum absolute atomic E-state index is 11.9. The first-order valence-electron chi connectivity index (χ1n) is 10.6. The Kier molecular flexibility index (Phi) is 8.01. The lowest BCUT2D eigenvalue weighted by atomic mass is 10.0. The summed E-state index contributed by atoms with van der Waals surface area (Å²) >= 11 is 0. The second kappa shape index (κ2) is 10.9. The SMILES string of the molecule is Cc1ccc(-c2nccnc2C(=O)O)cc1C.FC(F)(F)CNCCc1c[nH]c2ccccc12. The standard InChI is InChI=1S/C13H12N2O2.C12H13F3N2/c1-8-3-4-10(7-9(8)2)11-12(13(16)17)15-6-5-14-11;13-12(14,15)8-16-6-5-9-7-17-11-4-2-1-3-10(9)11/h3-7H,1-2H3,(H,16,17);1-4,7,16-17H,5-6,8H2. The molecule has 0 saturated heterocycles. The predicted molar refractivity (Wildman–Crippen MR) is 125 cm³/mol. The third-order valence-corrected chi connectivity index (χ3v) is 5.25. The number of aryl methyl sites for hydroxylation is 2. The zero-order valence-corrected chi connectivity index (χ0v) is 18.8. The molecule has 2 aromatic heterocycles. The number of aromatic amines is 1. The third-order valence-electron chi connectivity index (χ3n) is 5.25. The maximum Gasteiger partial charge on any atom is 0.401 e. The maximum atomic E-state index is 11.9. The van der Waals surface area contributed by atoms with Crippen LogP contribution in [0.25, 0.3) is 22.2 Å². The van der Waals surface area contributed by atoms with Crippen molar-refractivity contribution >= 4 is 16.9 Å². The molecule has 0 saturated carbocycles. The molecule has 34 heavy (non-hydrogen) atoms. The van der Waals surface area contributed by atoms with Gasteiger partial charge in [-0.2, -0.15) is 13.2 Å². The van der Waals surface area contributed by atoms with Gasteiger partial charge in [-0.1, -0.05) is 30.3 Å². The third kappa shape index (κ3) is 6.64. The average molecular weight is 470 g/mol. The zero-order chi connectivity index (χ0) is 24.7. The number of rotatable bonds is 6. The van der Waals surface area contributed by atoms with E-state index in [0.29, 0.717) is 18.7 Å². The van der Waals surface area contributed by atoms with Crippen LogP contribution >= 0.6 is 0 Å². The molecule has 4 aromatic rings. The number of hydrogen-bond donors (Lipinski definition) is 3. The molecular weight excluding hydrogens is 445 g/mol. The van der Waals surface area contributed by atoms with Gasteiger partial charge in [-0.05, 0) is 55.6 Å². The molecule has 0 atom stereocenters. The molecule has 0 aliphatic carbocycles. The van der Waals surface area contributed by atoms with Gasteiger partial charge in [0.15, 0.2) is 5.69 Å². The van der Waals surface area contributed by atoms with Crippen molar-refractivity contribution in [3.8, 4) is 11.3 Å². The van der Waals surface area contributed by atoms with Crippen LogP contribution in [-0.4, -0.2) is 45.3 Å². The predicted octanol–water partition coefficient (Wildman–Crippen LogP) is 5.32. The van der Waals surface area contributed by atoms with E-state index in [1.165, 1.54) is 12.4 Å². The summed E-state index contributed by atoms with van der Waals surface area (Å²) in [6.45, 7) is 3.38. The van der Waals surface area contributed by atoms with E-state index in [9.17, 15) is 18.0 Å². The summed E-state index contributed by atoms with van der Waals surface area (Å²) in [6, 6.07) is 13.5. The molecule has 2 aromatic carbocycles. The number of alkyl halides is 3. The molecule has 0 fully saturated rings. The van der Waals surface area contributed by atoms with Gasteiger partial charge in [0.2, 0.25) is 0 Å². The number of H-pyrrole nitrogens is 1. The highest BCUT2D eigenvalue weighted by atomic mass is 19.4. The fourth-order valence-electron chi connectivity index (χ4n) is 3.39. The minimum Gasteiger partial charge on any atom is -0.476 e. The number of hydrogen-bond acceptors (Lipinski definition) is 4. The lowest BCUT2D eigenvalue weighted by molar-refractivity contribution is -0.124. The minimum atomic E-state index is -4.14. The first-order chi connectivity index (χ1) is 16.2. The number of para-hydroxylation sites is 1. The Labute approximate surface area is 194 Å². The Morgan fingerprint density at radius 3 is 2.50 bits per heavy atom. The largest absolute Gasteiger partial charge is 0.476 e. The summed E-state index contributed by atoms with van der Waals surface area (Å²) in [5, 5.41) is 12.5. The zero-order valence-electron chi connectivity index (χ0n) is 18.8. The van der Waals surface area contributed by atoms with E-state index in [2.05, 4.69) is 20.3 Å². The van der Waals surface area contributed by atoms with Crippen molar-refractivity contribution in [2.24, 2.45) is 0 Å². The quantitative estimate of drug-likeness (QED) is 0.332. The van der Waals surface area contributed by atoms with Crippen LogP contribution in [0, 0.1) is 13.8 Å². The molecule has 0 amide bonds. The summed E-state index contributed by atoms with van der Waals surface area (Å²) in [4.78, 5) is 22.1. The molecule has 0 radical (unpaired) electrons. The van der Waals surface area contributed by atoms with Gasteiger partial charge in [-0.3, -0.25) is 4.98 Å². The van der Waals surface area contributed by atoms with Crippen LogP contribution < -0.4 is 5.32 Å². The number of carboxylic acids is 1. The van der Waals surface area contributed by atoms with E-state index < -0.39 is 18.7 Å². The number of benzene rings is 2. The first-order valence-corrected chi connectivity index (χ1v) is 10.6. The number of aromatic nitrogens is 3. The first kappa shape index (κ1) is 24.9. The van der Waals surface area contributed by atoms with E-state index in [0.717, 1.165) is 33.2 Å². The smallest absolute Gasteiger partial charge is 0.401 e. The highest BCUT2D eigenvalue weighted by molar-refractivity contribution is 5.92. The summed E-state index contributed by atoms with van der Waals surface area (Å²) in [5.74, 6) is -1.06. The van der Waals surface area contributed by atoms with Crippen molar-refractivity contribution in [2.75, 3.05) is 13.1 Å². The van der Waals surface area contributed by atoms with Crippen LogP contribution in [0.5, 0.6) is 0 Å². The summed E-state index contributed by atoms with van der Waals surface area (Å²) < 4.78 is 35.7. The summed E-state index contributed by atoms with van der Waals surface area (Å²) in [6.07, 6.45) is 1.17. The number of nitrogens with zero attached hydrogens (tertiary/aromatic N) is 2. The van der Waals surface area contributed by atoms with Crippen molar-refractivity contribution < 1.29 is 23.1 Å². The molecule has 4 rings (SSSR count). The highest BCUT2D eigenvalue weighted by Crippen LogP contribution is 2.22. The lowest BCUT2D eigenvalue weighted by Gasteiger charge is -2.07. The second-order valence-electron chi connectivity index (χ2n) is 7.76. The van der Waals surface area contributed by atoms with Gasteiger partial charge in [-0.15, -0.1) is 0 Å². The molecule has 0 bridgehead atoms. The van der Waals surface area contributed by atoms with Gasteiger partial charge in [-0.25, -0.2) is 9.78 Å². The topological polar surface area (TPSA) is 90.9 Å². The Bertz CT molecular complexity index is 1270. The average Bonchev–Trinajstić information content (AvgIpc) is 3.21. The Balaban J connectivity index is 0.000000191. The molecule has 0 spiro atoms. The number of carbonyl (C=O) groups is 1. The number of aromatic carboxylic acids is 1. The van der Waals surface area contributed by atoms with Crippen LogP contribution in [0.1, 0.15) is 27.2 Å². The van der Waals surface area contributed by atoms with Crippen molar-refractivity contribution in [1.82, 2.24) is 20.3 Å². The van der Waals surface area contributed by atoms with Crippen molar-refractivity contribution in [3.63, 3.8) is 0 Å². The van der Waals surface area contributed by atoms with E-state index in [1.807, 2.05) is 62.5 Å². The van der Waals surface area contributed by atoms with Crippen molar-refractivity contribution in [2.45, 2.75) is 26.4 Å². The summed E-state index contributed by atoms with van der Waals surface area (Å²) in [7, 11) is 0. The molecule has 0 aliphatic heterocycles. The Hall–Kier alpha value is -3.72. The van der Waals surface area contributed by atoms with Crippen LogP contribution in [0.3, 0.4) is 0 Å². The van der Waals surface area contributed by atoms with Gasteiger partial charge >= 0.3 is 12.1 Å². The Morgan fingerprint density at radius 2 is 1.79 bits per heavy atom. The molecule has 178 valence electrons. The monoisotopic (exact) mass is 470 g/mol. The van der Waals surface area contributed by atoms with Gasteiger partial charge < -0.3 is 15.4 Å². The molecule has 0 unspecified atom stereocenters. The van der Waals surface area contributed by atoms with Crippen molar-refractivity contribution in [3.05, 3.63) is 83.4 Å². The van der Waals surface area contributed by atoms with Gasteiger partial charge in [0.1, 0.15) is 5.69 Å². The molecule has 0 aliphatic rings. The van der Waals surface area contributed by atoms with E-state index >= 15 is 0 Å². The number of fused-ring (bicyclic) bond motifs is 1. The normalized spacial score (nSPS) is 11.2. The lowest BCUT2D eigenvalue weighted by Crippen LogP contribution is -2.30. The van der Waals surface area contributed by atoms with E-state index in [4.69, 9.17) is 5.11 Å². The second-order valence-corrected chi connectivity index (χ2v) is 7.76. The van der Waals surface area contributed by atoms with Gasteiger partial charge in [0, 0.05) is 35.1 Å². The van der Waals surface area contributed by atoms with Gasteiger partial charge in [0.25, 0.3) is 0 Å². The van der Waals surface area contributed by atoms with Gasteiger partial charge in [0.05, 0.1) is 6.54 Å². The minimum absolute atomic E-state index is 0.0178. The van der Waals surface area contributed by atoms with Crippen LogP contribution in [0.15, 0.2) is 61.1 Å². The summed E-state index contributed by atoms with van der Waals surface area (Å²) in [5.41, 5.74) is 5.48. The van der Waals surface area contributed by atoms with Crippen LogP contribution in [0.2, 0.25) is 0 Å². The van der Waals surface area contributed by atoms with E-state index in [-0.39, 0.29) is 5.69 Å². The molecule has 2 heterocycles. The fraction of sp³-hybridized carbons (Fsp3) is 0.240.